The van der Waals surface area contributed by atoms with Crippen molar-refractivity contribution in [1.82, 2.24) is 0 Å². The lowest BCUT2D eigenvalue weighted by Crippen LogP contribution is -2.28. The molecule has 4 aliphatic carbocycles. The topological polar surface area (TPSA) is 24.9 Å². The summed E-state index contributed by atoms with van der Waals surface area (Å²) in [6, 6.07) is 113. The van der Waals surface area contributed by atoms with Gasteiger partial charge in [-0.05, 0) is 247 Å². The van der Waals surface area contributed by atoms with E-state index in [0.29, 0.717) is 11.4 Å². The van der Waals surface area contributed by atoms with Crippen LogP contribution in [0.2, 0.25) is 0 Å². The van der Waals surface area contributed by atoms with Gasteiger partial charge in [0.2, 0.25) is 0 Å². The summed E-state index contributed by atoms with van der Waals surface area (Å²) in [5, 5.41) is 0. The smallest absolute Gasteiger partial charge is 0.147 e. The highest BCUT2D eigenvalue weighted by Gasteiger charge is 2.48. The van der Waals surface area contributed by atoms with E-state index in [2.05, 4.69) is 279 Å². The second-order valence-corrected chi connectivity index (χ2v) is 25.6. The van der Waals surface area contributed by atoms with Crippen molar-refractivity contribution in [2.45, 2.75) is 36.5 Å². The number of benzene rings is 14. The molecule has 14 aromatic rings. The molecule has 4 nitrogen and oxygen atoms in total. The molecule has 0 fully saturated rings. The average molecular weight is 1240 g/mol. The normalized spacial score (nSPS) is 15.7. The van der Waals surface area contributed by atoms with E-state index in [-0.39, 0.29) is 11.6 Å². The number of fused-ring (bicyclic) bond motifs is 8. The standard InChI is InChI=1S/C90H62F2N2O2/c91-85-23-11-13-25-87(85)93(71-45-53-79-77-19-7-9-21-81(77)89(83(79)57-71,65-15-3-1-4-16-65)67-37-49-73(50-38-67)95-75-47-35-61-27-29-63(61)55-75)69-41-31-59(32-42-69)60-33-43-70(44-34-60)94(88-26-14-12-24-86(88)92)72-46-54-80-78-20-8-10-22-82(78)90(84(80)58-72,66-17-5-2-6-18-66)68-39-51-74(52-40-68)96-76-48-36-62-28-30-64(62)56-76/h1-26,31-58H,27-30H2. The zero-order valence-electron chi connectivity index (χ0n) is 52.5. The second-order valence-electron chi connectivity index (χ2n) is 25.6. The predicted molar refractivity (Wildman–Crippen MR) is 384 cm³/mol. The van der Waals surface area contributed by atoms with E-state index in [1.807, 2.05) is 34.1 Å². The van der Waals surface area contributed by atoms with E-state index in [9.17, 15) is 0 Å². The summed E-state index contributed by atoms with van der Waals surface area (Å²) in [6.07, 6.45) is 4.41. The molecular weight excluding hydrogens is 1180 g/mol. The fourth-order valence-corrected chi connectivity index (χ4v) is 15.8. The molecule has 0 amide bonds. The van der Waals surface area contributed by atoms with Crippen LogP contribution in [0.4, 0.5) is 42.9 Å². The number of hydrogen-bond donors (Lipinski definition) is 0. The van der Waals surface area contributed by atoms with Crippen molar-refractivity contribution in [3.8, 4) is 56.4 Å². The molecule has 0 radical (unpaired) electrons. The lowest BCUT2D eigenvalue weighted by molar-refractivity contribution is 0.480. The Kier molecular flexibility index (Phi) is 13.6. The molecule has 458 valence electrons. The molecule has 18 rings (SSSR count). The quantitative estimate of drug-likeness (QED) is 0.102. The van der Waals surface area contributed by atoms with Crippen LogP contribution in [0.3, 0.4) is 0 Å². The Balaban J connectivity index is 0.705. The van der Waals surface area contributed by atoms with Crippen molar-refractivity contribution in [3.05, 3.63) is 406 Å². The molecule has 0 heterocycles. The van der Waals surface area contributed by atoms with Crippen LogP contribution in [0.1, 0.15) is 66.8 Å². The number of halogens is 2. The summed E-state index contributed by atoms with van der Waals surface area (Å²) in [5.74, 6) is 2.54. The fraction of sp³-hybridized carbons (Fsp3) is 0.0667. The average Bonchev–Trinajstić information content (AvgIpc) is 1.53. The van der Waals surface area contributed by atoms with Gasteiger partial charge >= 0.3 is 0 Å². The maximum atomic E-state index is 16.7. The third kappa shape index (κ3) is 9.22. The van der Waals surface area contributed by atoms with Crippen LogP contribution in [-0.2, 0) is 36.5 Å². The van der Waals surface area contributed by atoms with Gasteiger partial charge in [-0.3, -0.25) is 0 Å². The number of anilines is 6. The van der Waals surface area contributed by atoms with Gasteiger partial charge in [-0.2, -0.15) is 0 Å². The summed E-state index contributed by atoms with van der Waals surface area (Å²) in [4.78, 5) is 4.05. The Morgan fingerprint density at radius 2 is 0.583 bits per heavy atom. The van der Waals surface area contributed by atoms with Crippen LogP contribution in [0, 0.1) is 11.6 Å². The molecule has 6 heteroatoms. The number of aryl methyl sites for hydroxylation is 4. The minimum absolute atomic E-state index is 0.341. The van der Waals surface area contributed by atoms with Crippen molar-refractivity contribution in [2.24, 2.45) is 0 Å². The largest absolute Gasteiger partial charge is 0.457 e. The van der Waals surface area contributed by atoms with E-state index >= 15 is 8.78 Å². The molecule has 0 aromatic heterocycles. The van der Waals surface area contributed by atoms with E-state index in [0.717, 1.165) is 138 Å². The van der Waals surface area contributed by atoms with Gasteiger partial charge in [-0.15, -0.1) is 0 Å². The van der Waals surface area contributed by atoms with Gasteiger partial charge in [-0.25, -0.2) is 8.78 Å². The Bertz CT molecular complexity index is 4990. The Morgan fingerprint density at radius 3 is 0.969 bits per heavy atom. The summed E-state index contributed by atoms with van der Waals surface area (Å²) in [6.45, 7) is 0. The zero-order chi connectivity index (χ0) is 63.9. The lowest BCUT2D eigenvalue weighted by atomic mass is 9.67. The molecule has 0 saturated carbocycles. The Hall–Kier alpha value is -11.9. The van der Waals surface area contributed by atoms with E-state index in [1.54, 1.807) is 12.1 Å². The van der Waals surface area contributed by atoms with Crippen LogP contribution in [0.5, 0.6) is 23.0 Å². The maximum Gasteiger partial charge on any atom is 0.147 e. The minimum Gasteiger partial charge on any atom is -0.457 e. The number of nitrogens with zero attached hydrogens (tertiary/aromatic N) is 2. The summed E-state index contributed by atoms with van der Waals surface area (Å²) in [7, 11) is 0. The van der Waals surface area contributed by atoms with Gasteiger partial charge in [0.05, 0.1) is 22.2 Å². The molecule has 2 unspecified atom stereocenters. The van der Waals surface area contributed by atoms with Crippen molar-refractivity contribution in [2.75, 3.05) is 9.80 Å². The van der Waals surface area contributed by atoms with Crippen molar-refractivity contribution in [3.63, 3.8) is 0 Å². The van der Waals surface area contributed by atoms with E-state index < -0.39 is 10.8 Å². The number of hydrogen-bond acceptors (Lipinski definition) is 4. The van der Waals surface area contributed by atoms with Gasteiger partial charge in [0.15, 0.2) is 0 Å². The summed E-state index contributed by atoms with van der Waals surface area (Å²) in [5.41, 5.74) is 23.5. The number of para-hydroxylation sites is 2. The molecule has 0 spiro atoms. The lowest BCUT2D eigenvalue weighted by Gasteiger charge is -2.35. The monoisotopic (exact) mass is 1240 g/mol. The Morgan fingerprint density at radius 1 is 0.250 bits per heavy atom. The van der Waals surface area contributed by atoms with Crippen LogP contribution >= 0.6 is 0 Å². The predicted octanol–water partition coefficient (Wildman–Crippen LogP) is 23.1. The molecule has 96 heavy (non-hydrogen) atoms. The van der Waals surface area contributed by atoms with Gasteiger partial charge in [-0.1, -0.05) is 206 Å². The van der Waals surface area contributed by atoms with Crippen molar-refractivity contribution < 1.29 is 18.3 Å². The first-order chi connectivity index (χ1) is 47.4. The highest BCUT2D eigenvalue weighted by atomic mass is 19.1. The number of ether oxygens (including phenoxy) is 2. The molecule has 4 aliphatic rings. The van der Waals surface area contributed by atoms with E-state index in [4.69, 9.17) is 9.47 Å². The van der Waals surface area contributed by atoms with Crippen LogP contribution in [-0.4, -0.2) is 0 Å². The molecule has 0 saturated heterocycles. The first kappa shape index (κ1) is 56.9. The second kappa shape index (κ2) is 23.0. The highest BCUT2D eigenvalue weighted by Crippen LogP contribution is 2.60. The maximum absolute atomic E-state index is 16.7. The van der Waals surface area contributed by atoms with Crippen LogP contribution in [0.25, 0.3) is 33.4 Å². The molecule has 14 aromatic carbocycles. The molecule has 0 aliphatic heterocycles. The van der Waals surface area contributed by atoms with Crippen molar-refractivity contribution >= 4 is 34.1 Å². The van der Waals surface area contributed by atoms with E-state index in [1.165, 1.54) is 45.5 Å². The molecule has 2 atom stereocenters. The molecule has 0 bridgehead atoms. The zero-order valence-corrected chi connectivity index (χ0v) is 52.5. The first-order valence-corrected chi connectivity index (χ1v) is 33.1. The van der Waals surface area contributed by atoms with Gasteiger partial charge in [0, 0.05) is 22.7 Å². The van der Waals surface area contributed by atoms with Gasteiger partial charge < -0.3 is 19.3 Å². The molecular formula is C90H62F2N2O2. The highest BCUT2D eigenvalue weighted by molar-refractivity contribution is 5.92. The SMILES string of the molecule is Fc1ccccc1N(c1ccc(-c2ccc(N(c3ccc4c(c3)C(c3ccccc3)(c3ccc(Oc5ccc6c(c5)CC6)cc3)c3ccccc3-4)c3ccccc3F)cc2)cc1)c1ccc2c(c1)C(c1ccccc1)(c1ccc(Oc3ccc4c(c3)CC4)cc1)c1ccccc1-2. The summed E-state index contributed by atoms with van der Waals surface area (Å²) < 4.78 is 46.3. The third-order valence-corrected chi connectivity index (χ3v) is 20.5. The number of rotatable bonds is 15. The fourth-order valence-electron chi connectivity index (χ4n) is 15.8. The van der Waals surface area contributed by atoms with Crippen LogP contribution < -0.4 is 19.3 Å². The molecule has 0 N–H and O–H groups in total. The third-order valence-electron chi connectivity index (χ3n) is 20.5. The van der Waals surface area contributed by atoms with Crippen LogP contribution in [0.15, 0.2) is 328 Å². The van der Waals surface area contributed by atoms with Gasteiger partial charge in [0.1, 0.15) is 34.6 Å². The first-order valence-electron chi connectivity index (χ1n) is 33.1. The van der Waals surface area contributed by atoms with Gasteiger partial charge in [0.25, 0.3) is 0 Å². The summed E-state index contributed by atoms with van der Waals surface area (Å²) >= 11 is 0. The minimum atomic E-state index is -0.734. The van der Waals surface area contributed by atoms with Crippen molar-refractivity contribution in [1.29, 1.82) is 0 Å². The Labute approximate surface area is 557 Å².